The number of benzene rings is 1. The number of amides is 1. The fraction of sp³-hybridized carbons (Fsp3) is 0.417. The zero-order valence-corrected chi connectivity index (χ0v) is 11.4. The number of nitrogens with zero attached hydrogens (tertiary/aromatic N) is 1. The van der Waals surface area contributed by atoms with Crippen molar-refractivity contribution < 1.29 is 4.79 Å². The molecule has 0 unspecified atom stereocenters. The quantitative estimate of drug-likeness (QED) is 0.768. The van der Waals surface area contributed by atoms with Crippen molar-refractivity contribution in [3.63, 3.8) is 0 Å². The van der Waals surface area contributed by atoms with Crippen LogP contribution in [0.5, 0.6) is 0 Å². The van der Waals surface area contributed by atoms with Gasteiger partial charge in [0.1, 0.15) is 0 Å². The molecule has 0 aromatic heterocycles. The first-order chi connectivity index (χ1) is 6.86. The largest absolute Gasteiger partial charge is 0.345 e. The van der Waals surface area contributed by atoms with E-state index < -0.39 is 0 Å². The highest BCUT2D eigenvalue weighted by molar-refractivity contribution is 9.10. The molecular formula is C12H16BrNO. The Morgan fingerprint density at radius 3 is 2.13 bits per heavy atom. The van der Waals surface area contributed by atoms with Crippen LogP contribution in [-0.2, 0) is 0 Å². The predicted molar refractivity (Wildman–Crippen MR) is 66.4 cm³/mol. The van der Waals surface area contributed by atoms with Gasteiger partial charge in [-0.25, -0.2) is 0 Å². The van der Waals surface area contributed by atoms with E-state index in [1.807, 2.05) is 19.9 Å². The normalized spacial score (nSPS) is 10.3. The Morgan fingerprint density at radius 2 is 1.67 bits per heavy atom. The maximum Gasteiger partial charge on any atom is 0.253 e. The molecule has 0 spiro atoms. The highest BCUT2D eigenvalue weighted by Crippen LogP contribution is 2.26. The molecule has 0 aliphatic carbocycles. The first-order valence-electron chi connectivity index (χ1n) is 4.84. The van der Waals surface area contributed by atoms with Crippen LogP contribution in [0.4, 0.5) is 0 Å². The highest BCUT2D eigenvalue weighted by atomic mass is 79.9. The second-order valence-electron chi connectivity index (χ2n) is 3.98. The average Bonchev–Trinajstić information content (AvgIpc) is 2.19. The van der Waals surface area contributed by atoms with Gasteiger partial charge in [-0.1, -0.05) is 15.9 Å². The summed E-state index contributed by atoms with van der Waals surface area (Å²) in [7, 11) is 3.54. The van der Waals surface area contributed by atoms with Crippen molar-refractivity contribution in [3.8, 4) is 0 Å². The maximum atomic E-state index is 11.9. The van der Waals surface area contributed by atoms with Crippen molar-refractivity contribution >= 4 is 21.8 Å². The van der Waals surface area contributed by atoms with Gasteiger partial charge in [0.05, 0.1) is 0 Å². The molecule has 0 fully saturated rings. The van der Waals surface area contributed by atoms with Crippen molar-refractivity contribution in [1.29, 1.82) is 0 Å². The fourth-order valence-electron chi connectivity index (χ4n) is 1.47. The highest BCUT2D eigenvalue weighted by Gasteiger charge is 2.15. The third-order valence-corrected chi connectivity index (χ3v) is 3.62. The van der Waals surface area contributed by atoms with Gasteiger partial charge in [0.2, 0.25) is 0 Å². The van der Waals surface area contributed by atoms with Crippen LogP contribution in [0.3, 0.4) is 0 Å². The summed E-state index contributed by atoms with van der Waals surface area (Å²) < 4.78 is 0.996. The first kappa shape index (κ1) is 12.2. The minimum absolute atomic E-state index is 0.0521. The summed E-state index contributed by atoms with van der Waals surface area (Å²) in [4.78, 5) is 13.5. The molecule has 0 radical (unpaired) electrons. The molecule has 0 bridgehead atoms. The van der Waals surface area contributed by atoms with E-state index in [9.17, 15) is 4.79 Å². The van der Waals surface area contributed by atoms with Crippen molar-refractivity contribution in [2.45, 2.75) is 20.8 Å². The number of rotatable bonds is 1. The molecule has 0 saturated carbocycles. The van der Waals surface area contributed by atoms with Crippen LogP contribution in [0.15, 0.2) is 10.5 Å². The second kappa shape index (κ2) is 4.35. The van der Waals surface area contributed by atoms with Gasteiger partial charge < -0.3 is 4.90 Å². The van der Waals surface area contributed by atoms with Crippen LogP contribution in [0.2, 0.25) is 0 Å². The van der Waals surface area contributed by atoms with E-state index in [2.05, 4.69) is 22.9 Å². The summed E-state index contributed by atoms with van der Waals surface area (Å²) in [6, 6.07) is 1.90. The van der Waals surface area contributed by atoms with Crippen molar-refractivity contribution in [1.82, 2.24) is 4.90 Å². The monoisotopic (exact) mass is 269 g/mol. The molecule has 2 nitrogen and oxygen atoms in total. The van der Waals surface area contributed by atoms with Crippen LogP contribution >= 0.6 is 15.9 Å². The summed E-state index contributed by atoms with van der Waals surface area (Å²) in [5, 5.41) is 0. The molecule has 0 saturated heterocycles. The minimum Gasteiger partial charge on any atom is -0.345 e. The van der Waals surface area contributed by atoms with Gasteiger partial charge in [-0.3, -0.25) is 4.79 Å². The number of halogens is 1. The summed E-state index contributed by atoms with van der Waals surface area (Å²) in [6.07, 6.45) is 0. The molecule has 82 valence electrons. The van der Waals surface area contributed by atoms with E-state index >= 15 is 0 Å². The van der Waals surface area contributed by atoms with Crippen LogP contribution in [-0.4, -0.2) is 24.9 Å². The van der Waals surface area contributed by atoms with Gasteiger partial charge in [0, 0.05) is 24.1 Å². The lowest BCUT2D eigenvalue weighted by Crippen LogP contribution is -2.23. The molecule has 0 atom stereocenters. The third-order valence-electron chi connectivity index (χ3n) is 2.79. The summed E-state index contributed by atoms with van der Waals surface area (Å²) in [5.41, 5.74) is 4.21. The number of carbonyl (C=O) groups is 1. The van der Waals surface area contributed by atoms with Gasteiger partial charge in [-0.05, 0) is 43.5 Å². The van der Waals surface area contributed by atoms with E-state index in [-0.39, 0.29) is 5.91 Å². The lowest BCUT2D eigenvalue weighted by Gasteiger charge is -2.16. The lowest BCUT2D eigenvalue weighted by molar-refractivity contribution is 0.0826. The number of hydrogen-bond acceptors (Lipinski definition) is 1. The average molecular weight is 270 g/mol. The molecule has 0 aliphatic rings. The molecule has 1 aromatic rings. The first-order valence-corrected chi connectivity index (χ1v) is 5.63. The Bertz CT molecular complexity index is 411. The van der Waals surface area contributed by atoms with Crippen molar-refractivity contribution in [2.75, 3.05) is 14.1 Å². The van der Waals surface area contributed by atoms with E-state index in [0.29, 0.717) is 0 Å². The molecule has 3 heteroatoms. The van der Waals surface area contributed by atoms with Crippen LogP contribution in [0.25, 0.3) is 0 Å². The zero-order valence-electron chi connectivity index (χ0n) is 9.81. The van der Waals surface area contributed by atoms with Crippen LogP contribution in [0, 0.1) is 20.8 Å². The molecule has 1 aromatic carbocycles. The maximum absolute atomic E-state index is 11.9. The Labute approximate surface area is 99.4 Å². The molecule has 0 aliphatic heterocycles. The molecule has 15 heavy (non-hydrogen) atoms. The fourth-order valence-corrected chi connectivity index (χ4v) is 1.99. The summed E-state index contributed by atoms with van der Waals surface area (Å²) in [5.74, 6) is 0.0521. The second-order valence-corrected chi connectivity index (χ2v) is 4.83. The Hall–Kier alpha value is -0.830. The van der Waals surface area contributed by atoms with Gasteiger partial charge in [-0.15, -0.1) is 0 Å². The van der Waals surface area contributed by atoms with Gasteiger partial charge in [0.15, 0.2) is 0 Å². The third kappa shape index (κ3) is 2.23. The van der Waals surface area contributed by atoms with Crippen LogP contribution < -0.4 is 0 Å². The van der Waals surface area contributed by atoms with E-state index in [0.717, 1.165) is 15.6 Å². The Morgan fingerprint density at radius 1 is 1.13 bits per heavy atom. The smallest absolute Gasteiger partial charge is 0.253 e. The van der Waals surface area contributed by atoms with Crippen molar-refractivity contribution in [3.05, 3.63) is 32.8 Å². The molecular weight excluding hydrogens is 254 g/mol. The van der Waals surface area contributed by atoms with E-state index in [1.165, 1.54) is 11.1 Å². The predicted octanol–water partition coefficient (Wildman–Crippen LogP) is 3.08. The van der Waals surface area contributed by atoms with Gasteiger partial charge in [0.25, 0.3) is 5.91 Å². The molecule has 0 heterocycles. The molecule has 1 rings (SSSR count). The standard InChI is InChI=1S/C12H16BrNO/c1-7-8(2)10(12(15)14(4)5)6-11(13)9(7)3/h6H,1-5H3. The van der Waals surface area contributed by atoms with Crippen LogP contribution in [0.1, 0.15) is 27.0 Å². The Kier molecular flexibility index (Phi) is 3.55. The minimum atomic E-state index is 0.0521. The molecule has 0 N–H and O–H groups in total. The van der Waals surface area contributed by atoms with E-state index in [1.54, 1.807) is 19.0 Å². The SMILES string of the molecule is Cc1c(Br)cc(C(=O)N(C)C)c(C)c1C. The molecule has 1 amide bonds. The van der Waals surface area contributed by atoms with Crippen molar-refractivity contribution in [2.24, 2.45) is 0 Å². The van der Waals surface area contributed by atoms with Gasteiger partial charge in [-0.2, -0.15) is 0 Å². The van der Waals surface area contributed by atoms with Gasteiger partial charge >= 0.3 is 0 Å². The summed E-state index contributed by atoms with van der Waals surface area (Å²) >= 11 is 3.48. The topological polar surface area (TPSA) is 20.3 Å². The summed E-state index contributed by atoms with van der Waals surface area (Å²) in [6.45, 7) is 6.09. The Balaban J connectivity index is 3.39. The lowest BCUT2D eigenvalue weighted by atomic mass is 9.98. The number of hydrogen-bond donors (Lipinski definition) is 0. The number of carbonyl (C=O) groups excluding carboxylic acids is 1. The van der Waals surface area contributed by atoms with E-state index in [4.69, 9.17) is 0 Å². The zero-order chi connectivity index (χ0) is 11.7.